The molecule has 1 saturated carbocycles. The lowest BCUT2D eigenvalue weighted by atomic mass is 10.2. The molecule has 3 rings (SSSR count). The molecule has 1 aliphatic carbocycles. The lowest BCUT2D eigenvalue weighted by Crippen LogP contribution is -2.15. The Morgan fingerprint density at radius 1 is 1.35 bits per heavy atom. The van der Waals surface area contributed by atoms with Gasteiger partial charge in [0.05, 0.1) is 13.0 Å². The minimum atomic E-state index is 0.619. The zero-order valence-electron chi connectivity index (χ0n) is 9.47. The van der Waals surface area contributed by atoms with E-state index in [4.69, 9.17) is 4.52 Å². The summed E-state index contributed by atoms with van der Waals surface area (Å²) in [5.41, 5.74) is 0.954. The van der Waals surface area contributed by atoms with Crippen molar-refractivity contribution in [3.8, 4) is 0 Å². The lowest BCUT2D eigenvalue weighted by molar-refractivity contribution is 0.363. The van der Waals surface area contributed by atoms with Gasteiger partial charge in [-0.15, -0.1) is 0 Å². The third kappa shape index (κ3) is 2.88. The summed E-state index contributed by atoms with van der Waals surface area (Å²) >= 11 is 0. The summed E-state index contributed by atoms with van der Waals surface area (Å²) in [5.74, 6) is 1.35. The molecular weight excluding hydrogens is 216 g/mol. The maximum absolute atomic E-state index is 5.16. The van der Waals surface area contributed by atoms with Crippen molar-refractivity contribution in [2.75, 3.05) is 0 Å². The Morgan fingerprint density at radius 2 is 2.29 bits per heavy atom. The zero-order valence-corrected chi connectivity index (χ0v) is 9.47. The molecule has 5 heteroatoms. The Balaban J connectivity index is 1.59. The van der Waals surface area contributed by atoms with Crippen molar-refractivity contribution in [2.24, 2.45) is 0 Å². The van der Waals surface area contributed by atoms with Gasteiger partial charge in [0.2, 0.25) is 5.89 Å². The van der Waals surface area contributed by atoms with E-state index in [1.54, 1.807) is 6.20 Å². The monoisotopic (exact) mass is 230 g/mol. The van der Waals surface area contributed by atoms with Crippen LogP contribution in [0.15, 0.2) is 28.9 Å². The summed E-state index contributed by atoms with van der Waals surface area (Å²) < 4.78 is 5.16. The highest BCUT2D eigenvalue weighted by Gasteiger charge is 2.21. The van der Waals surface area contributed by atoms with Gasteiger partial charge in [0, 0.05) is 17.9 Å². The number of hydrogen-bond acceptors (Lipinski definition) is 5. The first kappa shape index (κ1) is 10.4. The molecule has 0 amide bonds. The SMILES string of the molecule is c1ccc(Cc2noc(CNC3CC3)n2)nc1. The molecule has 2 aromatic heterocycles. The van der Waals surface area contributed by atoms with Crippen LogP contribution < -0.4 is 5.32 Å². The standard InChI is InChI=1S/C12H14N4O/c1-2-6-13-10(3-1)7-11-15-12(17-16-11)8-14-9-4-5-9/h1-3,6,9,14H,4-5,7-8H2. The topological polar surface area (TPSA) is 63.8 Å². The summed E-state index contributed by atoms with van der Waals surface area (Å²) in [6, 6.07) is 6.46. The highest BCUT2D eigenvalue weighted by molar-refractivity contribution is 5.09. The third-order valence-corrected chi connectivity index (χ3v) is 2.69. The molecule has 5 nitrogen and oxygen atoms in total. The Hall–Kier alpha value is -1.75. The second-order valence-corrected chi connectivity index (χ2v) is 4.26. The average Bonchev–Trinajstić information content (AvgIpc) is 3.09. The molecule has 0 bridgehead atoms. The molecule has 0 atom stereocenters. The van der Waals surface area contributed by atoms with Gasteiger partial charge in [-0.1, -0.05) is 11.2 Å². The number of nitrogens with one attached hydrogen (secondary N) is 1. The summed E-state index contributed by atoms with van der Waals surface area (Å²) in [4.78, 5) is 8.56. The fourth-order valence-corrected chi connectivity index (χ4v) is 1.62. The average molecular weight is 230 g/mol. The normalized spacial score (nSPS) is 15.1. The van der Waals surface area contributed by atoms with Crippen LogP contribution in [0.5, 0.6) is 0 Å². The maximum atomic E-state index is 5.16. The van der Waals surface area contributed by atoms with E-state index in [9.17, 15) is 0 Å². The zero-order chi connectivity index (χ0) is 11.5. The molecule has 88 valence electrons. The maximum Gasteiger partial charge on any atom is 0.240 e. The van der Waals surface area contributed by atoms with Crippen LogP contribution in [0, 0.1) is 0 Å². The minimum Gasteiger partial charge on any atom is -0.338 e. The van der Waals surface area contributed by atoms with Crippen LogP contribution in [0.2, 0.25) is 0 Å². The first-order chi connectivity index (χ1) is 8.40. The quantitative estimate of drug-likeness (QED) is 0.839. The van der Waals surface area contributed by atoms with E-state index in [1.807, 2.05) is 18.2 Å². The predicted molar refractivity (Wildman–Crippen MR) is 61.2 cm³/mol. The van der Waals surface area contributed by atoms with E-state index in [-0.39, 0.29) is 0 Å². The summed E-state index contributed by atoms with van der Waals surface area (Å²) in [7, 11) is 0. The number of rotatable bonds is 5. The van der Waals surface area contributed by atoms with Crippen molar-refractivity contribution in [1.29, 1.82) is 0 Å². The molecule has 17 heavy (non-hydrogen) atoms. The van der Waals surface area contributed by atoms with Crippen LogP contribution in [-0.4, -0.2) is 21.2 Å². The van der Waals surface area contributed by atoms with Gasteiger partial charge in [-0.05, 0) is 25.0 Å². The number of nitrogens with zero attached hydrogens (tertiary/aromatic N) is 3. The fraction of sp³-hybridized carbons (Fsp3) is 0.417. The van der Waals surface area contributed by atoms with Crippen molar-refractivity contribution in [1.82, 2.24) is 20.4 Å². The molecule has 0 radical (unpaired) electrons. The fourth-order valence-electron chi connectivity index (χ4n) is 1.62. The first-order valence-electron chi connectivity index (χ1n) is 5.85. The van der Waals surface area contributed by atoms with Crippen molar-refractivity contribution >= 4 is 0 Å². The summed E-state index contributed by atoms with van der Waals surface area (Å²) in [6.07, 6.45) is 4.91. The van der Waals surface area contributed by atoms with Gasteiger partial charge in [-0.3, -0.25) is 4.98 Å². The van der Waals surface area contributed by atoms with Crippen LogP contribution in [0.4, 0.5) is 0 Å². The molecule has 1 aliphatic rings. The van der Waals surface area contributed by atoms with Crippen molar-refractivity contribution in [3.05, 3.63) is 41.8 Å². The third-order valence-electron chi connectivity index (χ3n) is 2.69. The molecule has 0 unspecified atom stereocenters. The van der Waals surface area contributed by atoms with E-state index < -0.39 is 0 Å². The Morgan fingerprint density at radius 3 is 3.06 bits per heavy atom. The lowest BCUT2D eigenvalue weighted by Gasteiger charge is -1.95. The largest absolute Gasteiger partial charge is 0.338 e. The van der Waals surface area contributed by atoms with E-state index in [2.05, 4.69) is 20.4 Å². The molecule has 0 aromatic carbocycles. The van der Waals surface area contributed by atoms with Gasteiger partial charge in [0.15, 0.2) is 5.82 Å². The molecule has 0 saturated heterocycles. The number of pyridine rings is 1. The van der Waals surface area contributed by atoms with E-state index >= 15 is 0 Å². The Bertz CT molecular complexity index is 478. The Labute approximate surface area is 99.3 Å². The van der Waals surface area contributed by atoms with Crippen LogP contribution >= 0.6 is 0 Å². The van der Waals surface area contributed by atoms with Gasteiger partial charge in [-0.2, -0.15) is 4.98 Å². The first-order valence-corrected chi connectivity index (χ1v) is 5.85. The van der Waals surface area contributed by atoms with E-state index in [0.29, 0.717) is 30.7 Å². The molecular formula is C12H14N4O. The summed E-state index contributed by atoms with van der Waals surface area (Å²) in [5, 5.41) is 7.28. The number of aromatic nitrogens is 3. The second-order valence-electron chi connectivity index (χ2n) is 4.26. The highest BCUT2D eigenvalue weighted by Crippen LogP contribution is 2.19. The molecule has 2 heterocycles. The Kier molecular flexibility index (Phi) is 2.83. The predicted octanol–water partition coefficient (Wildman–Crippen LogP) is 1.31. The van der Waals surface area contributed by atoms with Gasteiger partial charge in [0.1, 0.15) is 0 Å². The summed E-state index contributed by atoms with van der Waals surface area (Å²) in [6.45, 7) is 0.667. The second kappa shape index (κ2) is 4.63. The van der Waals surface area contributed by atoms with Crippen LogP contribution in [0.1, 0.15) is 30.3 Å². The minimum absolute atomic E-state index is 0.619. The van der Waals surface area contributed by atoms with Crippen LogP contribution in [-0.2, 0) is 13.0 Å². The van der Waals surface area contributed by atoms with E-state index in [1.165, 1.54) is 12.8 Å². The van der Waals surface area contributed by atoms with Gasteiger partial charge >= 0.3 is 0 Å². The molecule has 1 fully saturated rings. The van der Waals surface area contributed by atoms with Crippen LogP contribution in [0.25, 0.3) is 0 Å². The smallest absolute Gasteiger partial charge is 0.240 e. The van der Waals surface area contributed by atoms with Crippen molar-refractivity contribution in [2.45, 2.75) is 31.8 Å². The van der Waals surface area contributed by atoms with E-state index in [0.717, 1.165) is 5.69 Å². The molecule has 0 aliphatic heterocycles. The molecule has 1 N–H and O–H groups in total. The molecule has 0 spiro atoms. The number of hydrogen-bond donors (Lipinski definition) is 1. The molecule has 2 aromatic rings. The van der Waals surface area contributed by atoms with Crippen molar-refractivity contribution in [3.63, 3.8) is 0 Å². The highest BCUT2D eigenvalue weighted by atomic mass is 16.5. The van der Waals surface area contributed by atoms with Gasteiger partial charge in [0.25, 0.3) is 0 Å². The van der Waals surface area contributed by atoms with Crippen LogP contribution in [0.3, 0.4) is 0 Å². The van der Waals surface area contributed by atoms with Crippen molar-refractivity contribution < 1.29 is 4.52 Å². The van der Waals surface area contributed by atoms with Gasteiger partial charge in [-0.25, -0.2) is 0 Å². The van der Waals surface area contributed by atoms with Gasteiger partial charge < -0.3 is 9.84 Å².